The van der Waals surface area contributed by atoms with Crippen molar-refractivity contribution in [2.75, 3.05) is 6.54 Å². The first-order valence-corrected chi connectivity index (χ1v) is 11.7. The Morgan fingerprint density at radius 3 is 2.15 bits per heavy atom. The predicted molar refractivity (Wildman–Crippen MR) is 134 cm³/mol. The Morgan fingerprint density at radius 2 is 1.52 bits per heavy atom. The van der Waals surface area contributed by atoms with Gasteiger partial charge in [0.15, 0.2) is 0 Å². The van der Waals surface area contributed by atoms with Gasteiger partial charge in [0.25, 0.3) is 0 Å². The molecule has 0 aliphatic heterocycles. The number of benzene rings is 3. The molecule has 0 spiro atoms. The lowest BCUT2D eigenvalue weighted by Crippen LogP contribution is -2.51. The molecule has 1 N–H and O–H groups in total. The van der Waals surface area contributed by atoms with Crippen molar-refractivity contribution < 1.29 is 9.59 Å². The summed E-state index contributed by atoms with van der Waals surface area (Å²) >= 11 is 6.01. The molecule has 0 saturated carbocycles. The number of rotatable bonds is 10. The number of aryl methyl sites for hydroxylation is 1. The Morgan fingerprint density at radius 1 is 0.879 bits per heavy atom. The zero-order chi connectivity index (χ0) is 23.6. The van der Waals surface area contributed by atoms with Crippen molar-refractivity contribution in [2.24, 2.45) is 0 Å². The molecule has 0 radical (unpaired) electrons. The van der Waals surface area contributed by atoms with Crippen molar-refractivity contribution in [3.8, 4) is 0 Å². The maximum atomic E-state index is 13.6. The number of carbonyl (C=O) groups is 2. The second-order valence-electron chi connectivity index (χ2n) is 8.31. The van der Waals surface area contributed by atoms with Gasteiger partial charge in [0.1, 0.15) is 6.04 Å². The molecule has 0 saturated heterocycles. The number of amides is 2. The summed E-state index contributed by atoms with van der Waals surface area (Å²) < 4.78 is 0. The van der Waals surface area contributed by atoms with Gasteiger partial charge in [0.2, 0.25) is 11.8 Å². The highest BCUT2D eigenvalue weighted by molar-refractivity contribution is 6.30. The van der Waals surface area contributed by atoms with Gasteiger partial charge in [-0.25, -0.2) is 0 Å². The van der Waals surface area contributed by atoms with Crippen LogP contribution in [0, 0.1) is 6.92 Å². The summed E-state index contributed by atoms with van der Waals surface area (Å²) in [6, 6.07) is 24.6. The standard InChI is InChI=1S/C28H31ClN2O2/c1-3-17-30-28(33)26(18-22-7-5-4-6-8-22)31(20-24-11-9-21(2)10-12-24)27(32)19-23-13-15-25(29)16-14-23/h4-16,26H,3,17-20H2,1-2H3,(H,30,33). The van der Waals surface area contributed by atoms with Gasteiger partial charge >= 0.3 is 0 Å². The van der Waals surface area contributed by atoms with Crippen molar-refractivity contribution in [1.29, 1.82) is 0 Å². The molecule has 0 aromatic heterocycles. The first-order chi connectivity index (χ1) is 16.0. The molecule has 5 heteroatoms. The van der Waals surface area contributed by atoms with Crippen molar-refractivity contribution in [3.05, 3.63) is 106 Å². The van der Waals surface area contributed by atoms with E-state index in [2.05, 4.69) is 5.32 Å². The fourth-order valence-electron chi connectivity index (χ4n) is 3.69. The number of hydrogen-bond acceptors (Lipinski definition) is 2. The van der Waals surface area contributed by atoms with E-state index in [1.54, 1.807) is 17.0 Å². The van der Waals surface area contributed by atoms with Crippen LogP contribution in [0.1, 0.15) is 35.6 Å². The molecule has 0 bridgehead atoms. The molecule has 3 aromatic carbocycles. The summed E-state index contributed by atoms with van der Waals surface area (Å²) in [5.74, 6) is -0.220. The van der Waals surface area contributed by atoms with Gasteiger partial charge in [-0.2, -0.15) is 0 Å². The Bertz CT molecular complexity index is 1030. The van der Waals surface area contributed by atoms with Crippen LogP contribution in [0.2, 0.25) is 5.02 Å². The van der Waals surface area contributed by atoms with E-state index in [1.807, 2.05) is 80.6 Å². The van der Waals surface area contributed by atoms with Crippen LogP contribution in [0.15, 0.2) is 78.9 Å². The van der Waals surface area contributed by atoms with Crippen LogP contribution in [-0.2, 0) is 29.0 Å². The summed E-state index contributed by atoms with van der Waals surface area (Å²) in [7, 11) is 0. The number of hydrogen-bond donors (Lipinski definition) is 1. The van der Waals surface area contributed by atoms with Crippen molar-refractivity contribution in [3.63, 3.8) is 0 Å². The lowest BCUT2D eigenvalue weighted by atomic mass is 10.0. The lowest BCUT2D eigenvalue weighted by molar-refractivity contribution is -0.140. The van der Waals surface area contributed by atoms with Crippen LogP contribution in [0.4, 0.5) is 0 Å². The quantitative estimate of drug-likeness (QED) is 0.441. The van der Waals surface area contributed by atoms with E-state index in [9.17, 15) is 9.59 Å². The van der Waals surface area contributed by atoms with E-state index < -0.39 is 6.04 Å². The van der Waals surface area contributed by atoms with Crippen molar-refractivity contribution in [1.82, 2.24) is 10.2 Å². The van der Waals surface area contributed by atoms with Gasteiger partial charge < -0.3 is 10.2 Å². The van der Waals surface area contributed by atoms with Crippen LogP contribution in [0.3, 0.4) is 0 Å². The molecular weight excluding hydrogens is 432 g/mol. The minimum atomic E-state index is -0.611. The highest BCUT2D eigenvalue weighted by Crippen LogP contribution is 2.18. The van der Waals surface area contributed by atoms with E-state index in [-0.39, 0.29) is 18.2 Å². The van der Waals surface area contributed by atoms with E-state index in [0.29, 0.717) is 24.5 Å². The average Bonchev–Trinajstić information content (AvgIpc) is 2.83. The molecule has 3 aromatic rings. The fraction of sp³-hybridized carbons (Fsp3) is 0.286. The summed E-state index contributed by atoms with van der Waals surface area (Å²) in [6.07, 6.45) is 1.49. The first-order valence-electron chi connectivity index (χ1n) is 11.4. The summed E-state index contributed by atoms with van der Waals surface area (Å²) in [4.78, 5) is 28.6. The van der Waals surface area contributed by atoms with Crippen LogP contribution >= 0.6 is 11.6 Å². The Labute approximate surface area is 201 Å². The fourth-order valence-corrected chi connectivity index (χ4v) is 3.81. The van der Waals surface area contributed by atoms with Crippen molar-refractivity contribution in [2.45, 2.75) is 45.7 Å². The van der Waals surface area contributed by atoms with E-state index in [0.717, 1.165) is 28.7 Å². The minimum Gasteiger partial charge on any atom is -0.354 e. The summed E-state index contributed by atoms with van der Waals surface area (Å²) in [5.41, 5.74) is 4.03. The third-order valence-corrected chi connectivity index (χ3v) is 5.81. The topological polar surface area (TPSA) is 49.4 Å². The lowest BCUT2D eigenvalue weighted by Gasteiger charge is -2.31. The van der Waals surface area contributed by atoms with Crippen LogP contribution in [0.25, 0.3) is 0 Å². The number of nitrogens with zero attached hydrogens (tertiary/aromatic N) is 1. The van der Waals surface area contributed by atoms with Gasteiger partial charge in [-0.15, -0.1) is 0 Å². The highest BCUT2D eigenvalue weighted by atomic mass is 35.5. The smallest absolute Gasteiger partial charge is 0.243 e. The van der Waals surface area contributed by atoms with E-state index in [4.69, 9.17) is 11.6 Å². The van der Waals surface area contributed by atoms with Gasteiger partial charge in [-0.1, -0.05) is 90.8 Å². The van der Waals surface area contributed by atoms with E-state index in [1.165, 1.54) is 0 Å². The Kier molecular flexibility index (Phi) is 9.08. The van der Waals surface area contributed by atoms with E-state index >= 15 is 0 Å². The predicted octanol–water partition coefficient (Wildman–Crippen LogP) is 5.36. The molecule has 172 valence electrons. The molecular formula is C28H31ClN2O2. The molecule has 0 fully saturated rings. The van der Waals surface area contributed by atoms with Crippen LogP contribution in [0.5, 0.6) is 0 Å². The maximum absolute atomic E-state index is 13.6. The highest BCUT2D eigenvalue weighted by Gasteiger charge is 2.30. The largest absolute Gasteiger partial charge is 0.354 e. The third-order valence-electron chi connectivity index (χ3n) is 5.56. The zero-order valence-corrected chi connectivity index (χ0v) is 20.0. The molecule has 0 aliphatic carbocycles. The monoisotopic (exact) mass is 462 g/mol. The molecule has 33 heavy (non-hydrogen) atoms. The Hall–Kier alpha value is -3.11. The molecule has 2 amide bonds. The summed E-state index contributed by atoms with van der Waals surface area (Å²) in [5, 5.41) is 3.63. The number of halogens is 1. The summed E-state index contributed by atoms with van der Waals surface area (Å²) in [6.45, 7) is 4.99. The second kappa shape index (κ2) is 12.2. The number of nitrogens with one attached hydrogen (secondary N) is 1. The Balaban J connectivity index is 1.93. The van der Waals surface area contributed by atoms with Crippen molar-refractivity contribution >= 4 is 23.4 Å². The minimum absolute atomic E-state index is 0.0922. The molecule has 3 rings (SSSR count). The first kappa shape index (κ1) is 24.5. The second-order valence-corrected chi connectivity index (χ2v) is 8.74. The van der Waals surface area contributed by atoms with Gasteiger partial charge in [0, 0.05) is 24.5 Å². The SMILES string of the molecule is CCCNC(=O)C(Cc1ccccc1)N(Cc1ccc(C)cc1)C(=O)Cc1ccc(Cl)cc1. The van der Waals surface area contributed by atoms with Gasteiger partial charge in [-0.05, 0) is 42.2 Å². The maximum Gasteiger partial charge on any atom is 0.243 e. The number of carbonyl (C=O) groups excluding carboxylic acids is 2. The van der Waals surface area contributed by atoms with Crippen LogP contribution in [-0.4, -0.2) is 29.3 Å². The zero-order valence-electron chi connectivity index (χ0n) is 19.3. The van der Waals surface area contributed by atoms with Gasteiger partial charge in [0.05, 0.1) is 6.42 Å². The van der Waals surface area contributed by atoms with Gasteiger partial charge in [-0.3, -0.25) is 9.59 Å². The normalized spacial score (nSPS) is 11.6. The molecule has 4 nitrogen and oxygen atoms in total. The average molecular weight is 463 g/mol. The third kappa shape index (κ3) is 7.47. The van der Waals surface area contributed by atoms with Crippen LogP contribution < -0.4 is 5.32 Å². The molecule has 1 unspecified atom stereocenters. The molecule has 0 heterocycles. The molecule has 1 atom stereocenters. The molecule has 0 aliphatic rings.